The molecule has 42 heavy (non-hydrogen) atoms. The van der Waals surface area contributed by atoms with Crippen molar-refractivity contribution in [2.45, 2.75) is 57.4 Å². The van der Waals surface area contributed by atoms with E-state index in [9.17, 15) is 14.4 Å². The van der Waals surface area contributed by atoms with E-state index in [-0.39, 0.29) is 35.6 Å². The lowest BCUT2D eigenvalue weighted by Crippen LogP contribution is -3.00. The summed E-state index contributed by atoms with van der Waals surface area (Å²) in [6.07, 6.45) is 0.615. The Hall–Kier alpha value is -3.32. The van der Waals surface area contributed by atoms with Gasteiger partial charge in [-0.25, -0.2) is 9.59 Å². The van der Waals surface area contributed by atoms with Gasteiger partial charge in [0, 0.05) is 11.8 Å². The van der Waals surface area contributed by atoms with Crippen LogP contribution in [0.2, 0.25) is 0 Å². The molecule has 1 fully saturated rings. The molecular weight excluding hydrogens is 667 g/mol. The van der Waals surface area contributed by atoms with Crippen LogP contribution < -0.4 is 34.0 Å². The third-order valence-corrected chi connectivity index (χ3v) is 8.34. The number of hydrogen-bond donors (Lipinski definition) is 1. The number of nitrogens with zero attached hydrogens (tertiary/aromatic N) is 3. The summed E-state index contributed by atoms with van der Waals surface area (Å²) in [6, 6.07) is 20.3. The fourth-order valence-corrected chi connectivity index (χ4v) is 6.36. The van der Waals surface area contributed by atoms with Crippen molar-refractivity contribution >= 4 is 29.7 Å². The number of esters is 1. The van der Waals surface area contributed by atoms with Crippen molar-refractivity contribution in [3.8, 4) is 0 Å². The average molecular weight is 703 g/mol. The number of hydrogen-bond acceptors (Lipinski definition) is 6. The maximum atomic E-state index is 14.1. The zero-order valence-electron chi connectivity index (χ0n) is 24.2. The molecule has 2 amide bonds. The number of nitrogens with one attached hydrogen (secondary N) is 1. The third kappa shape index (κ3) is 6.67. The number of ether oxygens (including phenoxy) is 2. The molecule has 0 spiro atoms. The van der Waals surface area contributed by atoms with Gasteiger partial charge in [-0.15, -0.1) is 16.4 Å². The quantitative estimate of drug-likeness (QED) is 0.171. The number of thioether (sulfide) groups is 1. The number of carbonyl (C=O) groups excluding carboxylic acids is 3. The minimum absolute atomic E-state index is 0. The van der Waals surface area contributed by atoms with Crippen LogP contribution in [-0.2, 0) is 32.7 Å². The number of aryl methyl sites for hydroxylation is 2. The molecule has 11 heteroatoms. The molecule has 5 rings (SSSR count). The first kappa shape index (κ1) is 31.6. The van der Waals surface area contributed by atoms with Crippen molar-refractivity contribution in [3.63, 3.8) is 0 Å². The monoisotopic (exact) mass is 702 g/mol. The van der Waals surface area contributed by atoms with Crippen LogP contribution in [0.25, 0.3) is 0 Å². The number of carbonyl (C=O) groups is 3. The van der Waals surface area contributed by atoms with Crippen LogP contribution in [0.4, 0.5) is 4.79 Å². The van der Waals surface area contributed by atoms with Crippen molar-refractivity contribution < 1.29 is 52.5 Å². The topological polar surface area (TPSA) is 93.8 Å². The highest BCUT2D eigenvalue weighted by atomic mass is 127. The minimum Gasteiger partial charge on any atom is -1.00 e. The van der Waals surface area contributed by atoms with Gasteiger partial charge in [0.05, 0.1) is 5.69 Å². The molecule has 2 aliphatic heterocycles. The summed E-state index contributed by atoms with van der Waals surface area (Å²) >= 11 is 1.51. The predicted molar refractivity (Wildman–Crippen MR) is 154 cm³/mol. The Labute approximate surface area is 267 Å². The number of benzene rings is 2. The van der Waals surface area contributed by atoms with Crippen LogP contribution in [0.3, 0.4) is 0 Å². The van der Waals surface area contributed by atoms with Gasteiger partial charge in [-0.05, 0) is 44.4 Å². The fraction of sp³-hybridized carbons (Fsp3) is 0.355. The number of amides is 2. The number of aromatic nitrogens is 2. The Morgan fingerprint density at radius 1 is 1.05 bits per heavy atom. The molecule has 3 aromatic rings. The molecule has 0 bridgehead atoms. The standard InChI is InChI=1S/C31H34N4O5S.HI/c1-20-16-17-33(5)34(20)18-23-19-41-28-24(32-30(38)40-31(2,3)4)27(36)35(28)25(23)29(37)39-26(21-12-8-6-9-13-21)22-14-10-7-11-15-22;/h6-17,24,26,28H,18-19H2,1-5H3;1H/t24-,28-;/m1./s1. The largest absolute Gasteiger partial charge is 1.00 e. The van der Waals surface area contributed by atoms with E-state index in [4.69, 9.17) is 9.47 Å². The summed E-state index contributed by atoms with van der Waals surface area (Å²) in [4.78, 5) is 41.6. The van der Waals surface area contributed by atoms with Crippen LogP contribution in [0.15, 0.2) is 84.2 Å². The Bertz CT molecular complexity index is 1430. The summed E-state index contributed by atoms with van der Waals surface area (Å²) < 4.78 is 15.6. The maximum Gasteiger partial charge on any atom is 0.408 e. The lowest BCUT2D eigenvalue weighted by molar-refractivity contribution is -0.753. The molecule has 1 N–H and O–H groups in total. The molecule has 0 aliphatic carbocycles. The zero-order chi connectivity index (χ0) is 29.3. The zero-order valence-corrected chi connectivity index (χ0v) is 27.2. The van der Waals surface area contributed by atoms with E-state index < -0.39 is 35.2 Å². The molecule has 9 nitrogen and oxygen atoms in total. The normalized spacial score (nSPS) is 18.1. The second-order valence-corrected chi connectivity index (χ2v) is 12.3. The van der Waals surface area contributed by atoms with Gasteiger partial charge in [-0.3, -0.25) is 9.69 Å². The van der Waals surface area contributed by atoms with E-state index in [0.717, 1.165) is 22.4 Å². The van der Waals surface area contributed by atoms with Crippen LogP contribution in [0, 0.1) is 6.92 Å². The lowest BCUT2D eigenvalue weighted by Gasteiger charge is -2.49. The van der Waals surface area contributed by atoms with Gasteiger partial charge in [0.2, 0.25) is 0 Å². The fourth-order valence-electron chi connectivity index (χ4n) is 5.02. The number of halogens is 1. The number of alkyl carbamates (subject to hydrolysis) is 1. The molecule has 0 unspecified atom stereocenters. The van der Waals surface area contributed by atoms with Crippen LogP contribution in [-0.4, -0.2) is 50.3 Å². The van der Waals surface area contributed by atoms with E-state index in [1.165, 1.54) is 16.7 Å². The number of rotatable bonds is 7. The number of fused-ring (bicyclic) bond motifs is 1. The van der Waals surface area contributed by atoms with E-state index in [2.05, 4.69) is 5.32 Å². The maximum absolute atomic E-state index is 14.1. The van der Waals surface area contributed by atoms with Crippen molar-refractivity contribution in [2.75, 3.05) is 5.75 Å². The summed E-state index contributed by atoms with van der Waals surface area (Å²) in [5.74, 6) is -0.466. The van der Waals surface area contributed by atoms with E-state index in [1.54, 1.807) is 20.8 Å². The second kappa shape index (κ2) is 12.9. The average Bonchev–Trinajstić information content (AvgIpc) is 3.26. The van der Waals surface area contributed by atoms with Gasteiger partial charge in [-0.2, -0.15) is 4.68 Å². The third-order valence-electron chi connectivity index (χ3n) is 7.00. The molecule has 0 saturated carbocycles. The summed E-state index contributed by atoms with van der Waals surface area (Å²) in [5, 5.41) is 2.24. The van der Waals surface area contributed by atoms with E-state index in [1.807, 2.05) is 96.3 Å². The van der Waals surface area contributed by atoms with Gasteiger partial charge >= 0.3 is 12.1 Å². The van der Waals surface area contributed by atoms with Crippen molar-refractivity contribution in [1.82, 2.24) is 14.9 Å². The highest BCUT2D eigenvalue weighted by molar-refractivity contribution is 8.00. The Kier molecular flexibility index (Phi) is 9.71. The molecular formula is C31H35IN4O5S. The van der Waals surface area contributed by atoms with Crippen molar-refractivity contribution in [3.05, 3.63) is 101 Å². The molecule has 3 heterocycles. The van der Waals surface area contributed by atoms with Crippen molar-refractivity contribution in [2.24, 2.45) is 7.05 Å². The molecule has 0 radical (unpaired) electrons. The molecule has 222 valence electrons. The van der Waals surface area contributed by atoms with Gasteiger partial charge in [0.25, 0.3) is 5.91 Å². The molecule has 1 aromatic heterocycles. The highest BCUT2D eigenvalue weighted by Gasteiger charge is 2.55. The molecule has 2 atom stereocenters. The molecule has 2 aliphatic rings. The summed E-state index contributed by atoms with van der Waals surface area (Å²) in [5.41, 5.74) is 2.96. The smallest absolute Gasteiger partial charge is 0.408 e. The molecule has 1 saturated heterocycles. The molecule has 2 aromatic carbocycles. The van der Waals surface area contributed by atoms with Crippen molar-refractivity contribution in [1.29, 1.82) is 0 Å². The summed E-state index contributed by atoms with van der Waals surface area (Å²) in [7, 11) is 1.93. The number of β-lactam (4-membered cyclic amide) rings is 1. The Balaban J connectivity index is 0.00000405. The van der Waals surface area contributed by atoms with Gasteiger partial charge in [0.15, 0.2) is 19.3 Å². The highest BCUT2D eigenvalue weighted by Crippen LogP contribution is 2.42. The van der Waals surface area contributed by atoms with Crippen LogP contribution in [0.5, 0.6) is 0 Å². The SMILES string of the molecule is Cc1cc[n+](C)n1CC1=C(C(=O)OC(c2ccccc2)c2ccccc2)N2C(=O)[C@@H](NC(=O)OC(C)(C)C)[C@H]2SC1.[I-]. The Morgan fingerprint density at radius 3 is 2.17 bits per heavy atom. The second-order valence-electron chi connectivity index (χ2n) is 11.2. The first-order valence-electron chi connectivity index (χ1n) is 13.5. The predicted octanol–water partition coefficient (Wildman–Crippen LogP) is 1.02. The lowest BCUT2D eigenvalue weighted by atomic mass is 10.0. The summed E-state index contributed by atoms with van der Waals surface area (Å²) in [6.45, 7) is 7.69. The van der Waals surface area contributed by atoms with Gasteiger partial charge in [0.1, 0.15) is 29.3 Å². The first-order valence-corrected chi connectivity index (χ1v) is 14.6. The van der Waals surface area contributed by atoms with E-state index >= 15 is 0 Å². The van der Waals surface area contributed by atoms with Gasteiger partial charge < -0.3 is 38.8 Å². The van der Waals surface area contributed by atoms with Crippen LogP contribution >= 0.6 is 11.8 Å². The van der Waals surface area contributed by atoms with Gasteiger partial charge in [-0.1, -0.05) is 60.7 Å². The van der Waals surface area contributed by atoms with E-state index in [0.29, 0.717) is 12.3 Å². The van der Waals surface area contributed by atoms with Crippen LogP contribution in [0.1, 0.15) is 43.7 Å². The minimum atomic E-state index is -0.803. The first-order chi connectivity index (χ1) is 19.5. The Morgan fingerprint density at radius 2 is 1.64 bits per heavy atom.